The molecular formula is C10H7FN4O4. The number of benzene rings is 1. The average molecular weight is 266 g/mol. The van der Waals surface area contributed by atoms with Gasteiger partial charge in [-0.05, 0) is 13.0 Å². The molecule has 2 rings (SSSR count). The summed E-state index contributed by atoms with van der Waals surface area (Å²) in [5.74, 6) is -2.02. The Morgan fingerprint density at radius 2 is 2.21 bits per heavy atom. The molecule has 9 heteroatoms. The summed E-state index contributed by atoms with van der Waals surface area (Å²) in [5, 5.41) is 26.6. The fourth-order valence-corrected chi connectivity index (χ4v) is 1.58. The van der Waals surface area contributed by atoms with Gasteiger partial charge in [-0.3, -0.25) is 10.1 Å². The molecule has 19 heavy (non-hydrogen) atoms. The van der Waals surface area contributed by atoms with Crippen molar-refractivity contribution < 1.29 is 19.2 Å². The molecule has 0 fully saturated rings. The second-order valence-electron chi connectivity index (χ2n) is 3.63. The Labute approximate surface area is 105 Å². The van der Waals surface area contributed by atoms with Gasteiger partial charge < -0.3 is 5.11 Å². The summed E-state index contributed by atoms with van der Waals surface area (Å²) in [6.45, 7) is 1.37. The molecular weight excluding hydrogens is 259 g/mol. The molecule has 2 aromatic rings. The minimum absolute atomic E-state index is 0.0706. The van der Waals surface area contributed by atoms with Crippen molar-refractivity contribution in [3.8, 4) is 5.69 Å². The van der Waals surface area contributed by atoms with Crippen LogP contribution in [-0.4, -0.2) is 31.0 Å². The smallest absolute Gasteiger partial charge is 0.358 e. The maximum absolute atomic E-state index is 13.2. The molecule has 98 valence electrons. The monoisotopic (exact) mass is 266 g/mol. The van der Waals surface area contributed by atoms with E-state index >= 15 is 0 Å². The summed E-state index contributed by atoms with van der Waals surface area (Å²) in [5.41, 5.74) is -0.853. The van der Waals surface area contributed by atoms with Crippen molar-refractivity contribution in [2.45, 2.75) is 6.92 Å². The number of rotatable bonds is 3. The van der Waals surface area contributed by atoms with E-state index in [2.05, 4.69) is 10.3 Å². The van der Waals surface area contributed by atoms with Crippen LogP contribution < -0.4 is 0 Å². The summed E-state index contributed by atoms with van der Waals surface area (Å²) < 4.78 is 14.1. The normalized spacial score (nSPS) is 10.4. The number of nitrogens with zero attached hydrogens (tertiary/aromatic N) is 4. The van der Waals surface area contributed by atoms with Gasteiger partial charge in [-0.1, -0.05) is 5.21 Å². The van der Waals surface area contributed by atoms with E-state index in [0.29, 0.717) is 0 Å². The first-order valence-corrected chi connectivity index (χ1v) is 5.01. The number of halogens is 1. The highest BCUT2D eigenvalue weighted by atomic mass is 19.1. The highest BCUT2D eigenvalue weighted by molar-refractivity contribution is 5.86. The number of carboxylic acid groups (broad SMARTS) is 1. The van der Waals surface area contributed by atoms with Crippen LogP contribution in [0.3, 0.4) is 0 Å². The van der Waals surface area contributed by atoms with Gasteiger partial charge in [0.2, 0.25) is 0 Å². The molecule has 0 bridgehead atoms. The van der Waals surface area contributed by atoms with Crippen LogP contribution in [0.15, 0.2) is 18.2 Å². The number of carbonyl (C=O) groups is 1. The molecule has 0 atom stereocenters. The van der Waals surface area contributed by atoms with Crippen LogP contribution in [0.5, 0.6) is 0 Å². The largest absolute Gasteiger partial charge is 0.476 e. The van der Waals surface area contributed by atoms with Crippen molar-refractivity contribution in [2.24, 2.45) is 0 Å². The Morgan fingerprint density at radius 1 is 1.53 bits per heavy atom. The first-order valence-electron chi connectivity index (χ1n) is 5.01. The third-order valence-corrected chi connectivity index (χ3v) is 2.46. The fourth-order valence-electron chi connectivity index (χ4n) is 1.58. The number of nitro benzene ring substituents is 1. The van der Waals surface area contributed by atoms with Gasteiger partial charge in [-0.15, -0.1) is 5.10 Å². The van der Waals surface area contributed by atoms with Gasteiger partial charge in [-0.25, -0.2) is 13.9 Å². The summed E-state index contributed by atoms with van der Waals surface area (Å²) in [6, 6.07) is 2.81. The van der Waals surface area contributed by atoms with E-state index < -0.39 is 22.4 Å². The Morgan fingerprint density at radius 3 is 2.74 bits per heavy atom. The van der Waals surface area contributed by atoms with E-state index in [1.54, 1.807) is 0 Å². The van der Waals surface area contributed by atoms with E-state index in [9.17, 15) is 19.3 Å². The van der Waals surface area contributed by atoms with Crippen LogP contribution in [0.2, 0.25) is 0 Å². The van der Waals surface area contributed by atoms with Crippen LogP contribution in [0.1, 0.15) is 16.2 Å². The average Bonchev–Trinajstić information content (AvgIpc) is 2.70. The summed E-state index contributed by atoms with van der Waals surface area (Å²) in [6.07, 6.45) is 0. The van der Waals surface area contributed by atoms with Gasteiger partial charge in [0.05, 0.1) is 10.6 Å². The summed E-state index contributed by atoms with van der Waals surface area (Å²) in [7, 11) is 0. The summed E-state index contributed by atoms with van der Waals surface area (Å²) >= 11 is 0. The van der Waals surface area contributed by atoms with Gasteiger partial charge >= 0.3 is 5.97 Å². The third kappa shape index (κ3) is 2.12. The van der Waals surface area contributed by atoms with Gasteiger partial charge in [0.25, 0.3) is 5.69 Å². The Balaban J connectivity index is 2.68. The molecule has 0 radical (unpaired) electrons. The first-order chi connectivity index (χ1) is 8.91. The Bertz CT molecular complexity index is 682. The molecule has 0 saturated carbocycles. The van der Waals surface area contributed by atoms with Crippen molar-refractivity contribution in [1.29, 1.82) is 0 Å². The zero-order valence-electron chi connectivity index (χ0n) is 9.57. The van der Waals surface area contributed by atoms with Crippen molar-refractivity contribution in [3.05, 3.63) is 45.5 Å². The number of hydrogen-bond acceptors (Lipinski definition) is 5. The van der Waals surface area contributed by atoms with Crippen LogP contribution in [-0.2, 0) is 0 Å². The standard InChI is InChI=1S/C10H7FN4O4/c1-5-9(10(16)17)12-13-14(5)8-4-6(11)2-3-7(8)15(18)19/h2-4H,1H3,(H,16,17). The highest BCUT2D eigenvalue weighted by Crippen LogP contribution is 2.24. The minimum atomic E-state index is -1.32. The number of nitro groups is 1. The van der Waals surface area contributed by atoms with E-state index in [4.69, 9.17) is 5.11 Å². The Hall–Kier alpha value is -2.84. The predicted molar refractivity (Wildman–Crippen MR) is 59.7 cm³/mol. The predicted octanol–water partition coefficient (Wildman–Crippen LogP) is 1.32. The lowest BCUT2D eigenvalue weighted by Crippen LogP contribution is -2.05. The zero-order chi connectivity index (χ0) is 14.2. The van der Waals surface area contributed by atoms with Gasteiger partial charge in [-0.2, -0.15) is 0 Å². The van der Waals surface area contributed by atoms with Crippen LogP contribution in [0, 0.1) is 22.9 Å². The van der Waals surface area contributed by atoms with E-state index in [-0.39, 0.29) is 17.1 Å². The molecule has 1 aromatic carbocycles. The topological polar surface area (TPSA) is 111 Å². The lowest BCUT2D eigenvalue weighted by atomic mass is 10.2. The quantitative estimate of drug-likeness (QED) is 0.662. The van der Waals surface area contributed by atoms with Gasteiger partial charge in [0.15, 0.2) is 5.69 Å². The molecule has 0 amide bonds. The van der Waals surface area contributed by atoms with Crippen LogP contribution in [0.4, 0.5) is 10.1 Å². The fraction of sp³-hybridized carbons (Fsp3) is 0.100. The second kappa shape index (κ2) is 4.44. The van der Waals surface area contributed by atoms with E-state index in [1.165, 1.54) is 6.92 Å². The molecule has 0 spiro atoms. The van der Waals surface area contributed by atoms with E-state index in [0.717, 1.165) is 22.9 Å². The maximum atomic E-state index is 13.2. The number of aromatic nitrogens is 3. The minimum Gasteiger partial charge on any atom is -0.476 e. The molecule has 0 saturated heterocycles. The molecule has 0 aliphatic heterocycles. The van der Waals surface area contributed by atoms with Crippen LogP contribution >= 0.6 is 0 Å². The SMILES string of the molecule is Cc1c(C(=O)O)nnn1-c1cc(F)ccc1[N+](=O)[O-]. The number of hydrogen-bond donors (Lipinski definition) is 1. The molecule has 1 aromatic heterocycles. The molecule has 8 nitrogen and oxygen atoms in total. The van der Waals surface area contributed by atoms with Gasteiger partial charge in [0.1, 0.15) is 11.5 Å². The lowest BCUT2D eigenvalue weighted by Gasteiger charge is -2.04. The van der Waals surface area contributed by atoms with Crippen molar-refractivity contribution >= 4 is 11.7 Å². The molecule has 0 aliphatic carbocycles. The zero-order valence-corrected chi connectivity index (χ0v) is 9.57. The number of aromatic carboxylic acids is 1. The highest BCUT2D eigenvalue weighted by Gasteiger charge is 2.22. The van der Waals surface area contributed by atoms with E-state index in [1.807, 2.05) is 0 Å². The van der Waals surface area contributed by atoms with Crippen molar-refractivity contribution in [2.75, 3.05) is 0 Å². The maximum Gasteiger partial charge on any atom is 0.358 e. The van der Waals surface area contributed by atoms with Crippen LogP contribution in [0.25, 0.3) is 5.69 Å². The second-order valence-corrected chi connectivity index (χ2v) is 3.63. The van der Waals surface area contributed by atoms with Crippen molar-refractivity contribution in [3.63, 3.8) is 0 Å². The van der Waals surface area contributed by atoms with Crippen molar-refractivity contribution in [1.82, 2.24) is 15.0 Å². The molecule has 0 unspecified atom stereocenters. The van der Waals surface area contributed by atoms with Gasteiger partial charge in [0, 0.05) is 12.1 Å². The lowest BCUT2D eigenvalue weighted by molar-refractivity contribution is -0.384. The Kier molecular flexibility index (Phi) is 2.95. The first kappa shape index (κ1) is 12.6. The molecule has 0 aliphatic rings. The third-order valence-electron chi connectivity index (χ3n) is 2.46. The molecule has 1 N–H and O–H groups in total. The molecule has 1 heterocycles. The summed E-state index contributed by atoms with van der Waals surface area (Å²) in [4.78, 5) is 21.0. The number of carboxylic acids is 1.